The number of nitrogens with zero attached hydrogens (tertiary/aromatic N) is 2. The molecule has 0 aliphatic carbocycles. The zero-order chi connectivity index (χ0) is 18.8. The molecule has 1 amide bonds. The van der Waals surface area contributed by atoms with Crippen LogP contribution in [-0.2, 0) is 6.54 Å². The minimum absolute atomic E-state index is 0.168. The fourth-order valence-electron chi connectivity index (χ4n) is 2.45. The zero-order valence-electron chi connectivity index (χ0n) is 14.0. The van der Waals surface area contributed by atoms with Crippen molar-refractivity contribution >= 4 is 17.2 Å². The zero-order valence-corrected chi connectivity index (χ0v) is 14.8. The smallest absolute Gasteiger partial charge is 0.333 e. The van der Waals surface area contributed by atoms with Gasteiger partial charge in [0.15, 0.2) is 0 Å². The fourth-order valence-corrected chi connectivity index (χ4v) is 3.33. The fraction of sp³-hybridized carbons (Fsp3) is 0.176. The highest BCUT2D eigenvalue weighted by atomic mass is 32.1. The Morgan fingerprint density at radius 1 is 1.27 bits per heavy atom. The molecule has 2 heterocycles. The van der Waals surface area contributed by atoms with Crippen LogP contribution < -0.4 is 16.6 Å². The molecule has 0 atom stereocenters. The standard InChI is InChI=1S/C17H15FN4O3S/c1-9-14(26-10(2)21-9)8-19-15(23)13-7-20-17(25)22(16(13)24)12-5-3-11(18)4-6-12/h3-7H,8H2,1-2H3,(H,19,23)(H,20,25). The Balaban J connectivity index is 1.91. The molecule has 134 valence electrons. The van der Waals surface area contributed by atoms with Crippen LogP contribution in [0.4, 0.5) is 4.39 Å². The normalized spacial score (nSPS) is 10.7. The van der Waals surface area contributed by atoms with Crippen molar-refractivity contribution in [3.05, 3.63) is 78.3 Å². The van der Waals surface area contributed by atoms with Crippen LogP contribution in [-0.4, -0.2) is 20.4 Å². The van der Waals surface area contributed by atoms with Crippen molar-refractivity contribution in [1.29, 1.82) is 0 Å². The average Bonchev–Trinajstić information content (AvgIpc) is 2.92. The minimum atomic E-state index is -0.782. The summed E-state index contributed by atoms with van der Waals surface area (Å²) in [4.78, 5) is 44.5. The van der Waals surface area contributed by atoms with E-state index in [0.717, 1.165) is 38.5 Å². The Bertz CT molecular complexity index is 1080. The van der Waals surface area contributed by atoms with E-state index in [1.807, 2.05) is 13.8 Å². The van der Waals surface area contributed by atoms with Crippen LogP contribution in [0.2, 0.25) is 0 Å². The third kappa shape index (κ3) is 3.47. The van der Waals surface area contributed by atoms with Crippen molar-refractivity contribution in [1.82, 2.24) is 19.9 Å². The van der Waals surface area contributed by atoms with Crippen LogP contribution in [0.1, 0.15) is 25.9 Å². The van der Waals surface area contributed by atoms with Crippen LogP contribution in [0, 0.1) is 19.7 Å². The first-order valence-electron chi connectivity index (χ1n) is 7.68. The lowest BCUT2D eigenvalue weighted by molar-refractivity contribution is 0.0949. The van der Waals surface area contributed by atoms with E-state index in [1.54, 1.807) is 0 Å². The number of halogens is 1. The Morgan fingerprint density at radius 3 is 2.58 bits per heavy atom. The number of aromatic amines is 1. The molecule has 0 radical (unpaired) electrons. The van der Waals surface area contributed by atoms with E-state index < -0.39 is 23.0 Å². The second-order valence-corrected chi connectivity index (χ2v) is 6.84. The van der Waals surface area contributed by atoms with Gasteiger partial charge in [0.1, 0.15) is 11.4 Å². The number of benzene rings is 1. The third-order valence-electron chi connectivity index (χ3n) is 3.72. The predicted molar refractivity (Wildman–Crippen MR) is 95.4 cm³/mol. The summed E-state index contributed by atoms with van der Waals surface area (Å²) in [5.41, 5.74) is -0.728. The number of hydrogen-bond acceptors (Lipinski definition) is 5. The van der Waals surface area contributed by atoms with E-state index >= 15 is 0 Å². The van der Waals surface area contributed by atoms with Crippen molar-refractivity contribution in [3.8, 4) is 5.69 Å². The van der Waals surface area contributed by atoms with Gasteiger partial charge in [-0.1, -0.05) is 0 Å². The lowest BCUT2D eigenvalue weighted by atomic mass is 10.2. The Labute approximate surface area is 151 Å². The SMILES string of the molecule is Cc1nc(C)c(CNC(=O)c2c[nH]c(=O)n(-c3ccc(F)cc3)c2=O)s1. The van der Waals surface area contributed by atoms with Gasteiger partial charge in [0, 0.05) is 11.1 Å². The maximum absolute atomic E-state index is 13.1. The summed E-state index contributed by atoms with van der Waals surface area (Å²) < 4.78 is 13.9. The molecular weight excluding hydrogens is 359 g/mol. The lowest BCUT2D eigenvalue weighted by Crippen LogP contribution is -2.39. The minimum Gasteiger partial charge on any atom is -0.347 e. The highest BCUT2D eigenvalue weighted by Gasteiger charge is 2.16. The molecule has 7 nitrogen and oxygen atoms in total. The molecule has 2 aromatic heterocycles. The van der Waals surface area contributed by atoms with Crippen LogP contribution >= 0.6 is 11.3 Å². The van der Waals surface area contributed by atoms with Crippen molar-refractivity contribution in [3.63, 3.8) is 0 Å². The van der Waals surface area contributed by atoms with Gasteiger partial charge in [0.05, 0.1) is 22.9 Å². The summed E-state index contributed by atoms with van der Waals surface area (Å²) in [5, 5.41) is 3.54. The molecule has 0 spiro atoms. The van der Waals surface area contributed by atoms with E-state index in [2.05, 4.69) is 15.3 Å². The van der Waals surface area contributed by atoms with Crippen molar-refractivity contribution in [2.75, 3.05) is 0 Å². The largest absolute Gasteiger partial charge is 0.347 e. The number of hydrogen-bond donors (Lipinski definition) is 2. The molecule has 0 saturated heterocycles. The third-order valence-corrected chi connectivity index (χ3v) is 4.79. The number of thiazole rings is 1. The first-order chi connectivity index (χ1) is 12.4. The quantitative estimate of drug-likeness (QED) is 0.726. The van der Waals surface area contributed by atoms with Gasteiger partial charge in [0.25, 0.3) is 11.5 Å². The number of carbonyl (C=O) groups excluding carboxylic acids is 1. The summed E-state index contributed by atoms with van der Waals surface area (Å²) in [5.74, 6) is -1.12. The summed E-state index contributed by atoms with van der Waals surface area (Å²) in [6, 6.07) is 4.83. The Kier molecular flexibility index (Phi) is 4.81. The Morgan fingerprint density at radius 2 is 1.96 bits per heavy atom. The second kappa shape index (κ2) is 7.04. The molecule has 0 unspecified atom stereocenters. The van der Waals surface area contributed by atoms with Crippen LogP contribution in [0.5, 0.6) is 0 Å². The van der Waals surface area contributed by atoms with E-state index in [-0.39, 0.29) is 17.8 Å². The molecular formula is C17H15FN4O3S. The molecule has 0 aliphatic heterocycles. The number of H-pyrrole nitrogens is 1. The van der Waals surface area contributed by atoms with Crippen LogP contribution in [0.3, 0.4) is 0 Å². The summed E-state index contributed by atoms with van der Waals surface area (Å²) in [6.07, 6.45) is 1.07. The summed E-state index contributed by atoms with van der Waals surface area (Å²) in [6.45, 7) is 3.93. The van der Waals surface area contributed by atoms with Crippen molar-refractivity contribution in [2.45, 2.75) is 20.4 Å². The number of rotatable bonds is 4. The van der Waals surface area contributed by atoms with Crippen LogP contribution in [0.15, 0.2) is 40.1 Å². The van der Waals surface area contributed by atoms with Gasteiger partial charge in [-0.25, -0.2) is 18.7 Å². The maximum atomic E-state index is 13.1. The van der Waals surface area contributed by atoms with Gasteiger partial charge < -0.3 is 10.3 Å². The summed E-state index contributed by atoms with van der Waals surface area (Å²) >= 11 is 1.46. The highest BCUT2D eigenvalue weighted by Crippen LogP contribution is 2.16. The molecule has 0 fully saturated rings. The van der Waals surface area contributed by atoms with E-state index in [0.29, 0.717) is 0 Å². The molecule has 9 heteroatoms. The molecule has 3 rings (SSSR count). The lowest BCUT2D eigenvalue weighted by Gasteiger charge is -2.08. The number of aryl methyl sites for hydroxylation is 2. The average molecular weight is 374 g/mol. The molecule has 0 aliphatic rings. The van der Waals surface area contributed by atoms with Gasteiger partial charge in [-0.3, -0.25) is 9.59 Å². The predicted octanol–water partition coefficient (Wildman–Crippen LogP) is 1.67. The van der Waals surface area contributed by atoms with E-state index in [1.165, 1.54) is 23.5 Å². The Hall–Kier alpha value is -3.07. The summed E-state index contributed by atoms with van der Waals surface area (Å²) in [7, 11) is 0. The van der Waals surface area contributed by atoms with Gasteiger partial charge in [0.2, 0.25) is 0 Å². The molecule has 0 saturated carbocycles. The second-order valence-electron chi connectivity index (χ2n) is 5.55. The molecule has 0 bridgehead atoms. The van der Waals surface area contributed by atoms with E-state index in [4.69, 9.17) is 0 Å². The molecule has 3 aromatic rings. The van der Waals surface area contributed by atoms with Crippen LogP contribution in [0.25, 0.3) is 5.69 Å². The van der Waals surface area contributed by atoms with E-state index in [9.17, 15) is 18.8 Å². The topological polar surface area (TPSA) is 96.8 Å². The monoisotopic (exact) mass is 374 g/mol. The maximum Gasteiger partial charge on any atom is 0.333 e. The number of amides is 1. The molecule has 26 heavy (non-hydrogen) atoms. The first-order valence-corrected chi connectivity index (χ1v) is 8.50. The van der Waals surface area contributed by atoms with Crippen molar-refractivity contribution < 1.29 is 9.18 Å². The van der Waals surface area contributed by atoms with Gasteiger partial charge in [-0.05, 0) is 38.1 Å². The molecule has 1 aromatic carbocycles. The first kappa shape index (κ1) is 17.7. The van der Waals surface area contributed by atoms with Crippen molar-refractivity contribution in [2.24, 2.45) is 0 Å². The van der Waals surface area contributed by atoms with Gasteiger partial charge >= 0.3 is 5.69 Å². The number of carbonyl (C=O) groups is 1. The highest BCUT2D eigenvalue weighted by molar-refractivity contribution is 7.11. The number of aromatic nitrogens is 3. The van der Waals surface area contributed by atoms with Gasteiger partial charge in [-0.2, -0.15) is 0 Å². The number of nitrogens with one attached hydrogen (secondary N) is 2. The molecule has 2 N–H and O–H groups in total. The van der Waals surface area contributed by atoms with Gasteiger partial charge in [-0.15, -0.1) is 11.3 Å².